The summed E-state index contributed by atoms with van der Waals surface area (Å²) in [4.78, 5) is 12.0. The average molecular weight is 586 g/mol. The Bertz CT molecular complexity index is 1510. The second kappa shape index (κ2) is 10.7. The Morgan fingerprint density at radius 1 is 1.15 bits per heavy atom. The predicted molar refractivity (Wildman–Crippen MR) is 137 cm³/mol. The Morgan fingerprint density at radius 3 is 2.52 bits per heavy atom. The zero-order valence-electron chi connectivity index (χ0n) is 21.7. The molecule has 9 nitrogen and oxygen atoms in total. The van der Waals surface area contributed by atoms with Crippen LogP contribution in [0.2, 0.25) is 0 Å². The lowest BCUT2D eigenvalue weighted by atomic mass is 10.1. The average Bonchev–Trinajstić information content (AvgIpc) is 3.63. The third-order valence-corrected chi connectivity index (χ3v) is 8.22. The maximum atomic E-state index is 15.0. The normalized spacial score (nSPS) is 20.6. The van der Waals surface area contributed by atoms with Crippen LogP contribution in [0, 0.1) is 12.7 Å². The summed E-state index contributed by atoms with van der Waals surface area (Å²) in [7, 11) is -3.59. The molecule has 0 amide bonds. The minimum absolute atomic E-state index is 0.0367. The van der Waals surface area contributed by atoms with Crippen LogP contribution in [0.5, 0.6) is 0 Å². The molecule has 2 atom stereocenters. The first-order valence-corrected chi connectivity index (χ1v) is 14.5. The van der Waals surface area contributed by atoms with Gasteiger partial charge in [0.05, 0.1) is 18.0 Å². The fourth-order valence-electron chi connectivity index (χ4n) is 4.60. The van der Waals surface area contributed by atoms with Gasteiger partial charge in [0.25, 0.3) is 0 Å². The van der Waals surface area contributed by atoms with Gasteiger partial charge in [-0.3, -0.25) is 0 Å². The number of alkyl halides is 4. The summed E-state index contributed by atoms with van der Waals surface area (Å²) >= 11 is 0. The number of aromatic nitrogens is 4. The minimum atomic E-state index is -4.82. The lowest BCUT2D eigenvalue weighted by Crippen LogP contribution is -2.49. The summed E-state index contributed by atoms with van der Waals surface area (Å²) in [6, 6.07) is 4.19. The number of benzene rings is 1. The summed E-state index contributed by atoms with van der Waals surface area (Å²) in [5, 5.41) is 5.99. The van der Waals surface area contributed by atoms with Crippen molar-refractivity contribution in [3.8, 4) is 17.1 Å². The molecule has 3 aromatic rings. The zero-order chi connectivity index (χ0) is 28.8. The third kappa shape index (κ3) is 6.25. The number of sulfonamides is 1. The lowest BCUT2D eigenvalue weighted by molar-refractivity contribution is -0.137. The quantitative estimate of drug-likeness (QED) is 0.387. The highest BCUT2D eigenvalue weighted by Gasteiger charge is 2.38. The Kier molecular flexibility index (Phi) is 7.56. The van der Waals surface area contributed by atoms with Crippen molar-refractivity contribution in [1.29, 1.82) is 0 Å². The second-order valence-corrected chi connectivity index (χ2v) is 12.1. The molecule has 0 bridgehead atoms. The van der Waals surface area contributed by atoms with Crippen LogP contribution in [-0.2, 0) is 22.7 Å². The molecule has 2 aromatic heterocycles. The third-order valence-electron chi connectivity index (χ3n) is 6.95. The van der Waals surface area contributed by atoms with Gasteiger partial charge in [-0.25, -0.2) is 32.2 Å². The maximum Gasteiger partial charge on any atom is 0.420 e. The van der Waals surface area contributed by atoms with Crippen LogP contribution >= 0.6 is 0 Å². The fourth-order valence-corrected chi connectivity index (χ4v) is 5.45. The van der Waals surface area contributed by atoms with Crippen LogP contribution < -0.4 is 10.6 Å². The molecule has 15 heteroatoms. The lowest BCUT2D eigenvalue weighted by Gasteiger charge is -2.33. The van der Waals surface area contributed by atoms with Gasteiger partial charge >= 0.3 is 6.18 Å². The summed E-state index contributed by atoms with van der Waals surface area (Å²) in [5.74, 6) is -0.594. The van der Waals surface area contributed by atoms with Crippen LogP contribution in [0.1, 0.15) is 36.2 Å². The smallest absolute Gasteiger partial charge is 0.348 e. The van der Waals surface area contributed by atoms with Crippen LogP contribution in [0.3, 0.4) is 0 Å². The van der Waals surface area contributed by atoms with Gasteiger partial charge in [0.2, 0.25) is 16.0 Å². The molecule has 216 valence electrons. The van der Waals surface area contributed by atoms with Crippen LogP contribution in [0.4, 0.5) is 27.9 Å². The van der Waals surface area contributed by atoms with Crippen molar-refractivity contribution in [3.05, 3.63) is 53.4 Å². The number of hydrogen-bond donors (Lipinski definition) is 2. The highest BCUT2D eigenvalue weighted by atomic mass is 32.2. The Morgan fingerprint density at radius 2 is 1.90 bits per heavy atom. The molecule has 0 unspecified atom stereocenters. The topological polar surface area (TPSA) is 105 Å². The van der Waals surface area contributed by atoms with Gasteiger partial charge in [-0.2, -0.15) is 17.5 Å². The molecule has 3 heterocycles. The standard InChI is InChI=1S/C25H28F5N7O2S/c1-14-33-21(13-37(14)22-6-3-15(9-18(22)26)10-31-16-4-5-16)23-17(25(28,29)30)11-32-24(35-23)34-20-7-8-36(12-19(20)27)40(2,38)39/h3,6,9,11,13,16,19-20,31H,4-5,7-8,10,12H2,1-2H3,(H,32,34,35)/t19-,20+/m1/s1. The largest absolute Gasteiger partial charge is 0.420 e. The monoisotopic (exact) mass is 585 g/mol. The number of halogens is 5. The van der Waals surface area contributed by atoms with E-state index in [2.05, 4.69) is 25.6 Å². The summed E-state index contributed by atoms with van der Waals surface area (Å²) in [5.41, 5.74) is -1.02. The highest BCUT2D eigenvalue weighted by Crippen LogP contribution is 2.36. The Balaban J connectivity index is 1.42. The minimum Gasteiger partial charge on any atom is -0.348 e. The SMILES string of the molecule is Cc1nc(-c2nc(N[C@H]3CCN(S(C)(=O)=O)C[C@H]3F)ncc2C(F)(F)F)cn1-c1ccc(CNC2CC2)cc1F. The number of imidazole rings is 1. The first-order valence-electron chi connectivity index (χ1n) is 12.7. The van der Waals surface area contributed by atoms with Gasteiger partial charge in [-0.15, -0.1) is 0 Å². The van der Waals surface area contributed by atoms with E-state index in [9.17, 15) is 26.0 Å². The molecule has 40 heavy (non-hydrogen) atoms. The van der Waals surface area contributed by atoms with Crippen molar-refractivity contribution in [2.45, 2.75) is 57.2 Å². The van der Waals surface area contributed by atoms with Gasteiger partial charge in [0, 0.05) is 38.1 Å². The highest BCUT2D eigenvalue weighted by molar-refractivity contribution is 7.88. The number of piperidine rings is 1. The van der Waals surface area contributed by atoms with Crippen molar-refractivity contribution in [2.24, 2.45) is 0 Å². The second-order valence-electron chi connectivity index (χ2n) is 10.1. The summed E-state index contributed by atoms with van der Waals surface area (Å²) < 4.78 is 97.2. The van der Waals surface area contributed by atoms with Crippen LogP contribution in [0.25, 0.3) is 17.1 Å². The molecule has 2 fully saturated rings. The molecule has 1 saturated heterocycles. The molecule has 2 aliphatic rings. The molecular formula is C25H28F5N7O2S. The van der Waals surface area contributed by atoms with Gasteiger partial charge in [-0.05, 0) is 43.9 Å². The molecule has 0 radical (unpaired) electrons. The summed E-state index contributed by atoms with van der Waals surface area (Å²) in [6.45, 7) is 1.68. The molecule has 1 aromatic carbocycles. The van der Waals surface area contributed by atoms with Gasteiger partial charge in [-0.1, -0.05) is 6.07 Å². The number of aryl methyl sites for hydroxylation is 1. The zero-order valence-corrected chi connectivity index (χ0v) is 22.5. The number of nitrogens with zero attached hydrogens (tertiary/aromatic N) is 5. The van der Waals surface area contributed by atoms with E-state index in [1.807, 2.05) is 0 Å². The molecule has 0 spiro atoms. The number of hydrogen-bond acceptors (Lipinski definition) is 7. The molecule has 1 saturated carbocycles. The number of nitrogens with one attached hydrogen (secondary N) is 2. The van der Waals surface area contributed by atoms with Gasteiger partial charge in [0.15, 0.2) is 0 Å². The predicted octanol–water partition coefficient (Wildman–Crippen LogP) is 3.83. The number of anilines is 1. The number of rotatable bonds is 8. The Hall–Kier alpha value is -3.17. The molecule has 1 aliphatic heterocycles. The fraction of sp³-hybridized carbons (Fsp3) is 0.480. The van der Waals surface area contributed by atoms with E-state index < -0.39 is 52.0 Å². The first-order chi connectivity index (χ1) is 18.8. The van der Waals surface area contributed by atoms with Gasteiger partial charge in [0.1, 0.15) is 34.8 Å². The van der Waals surface area contributed by atoms with Crippen molar-refractivity contribution >= 4 is 16.0 Å². The van der Waals surface area contributed by atoms with E-state index in [1.54, 1.807) is 12.1 Å². The van der Waals surface area contributed by atoms with Crippen LogP contribution in [-0.4, -0.2) is 69.8 Å². The molecule has 2 N–H and O–H groups in total. The van der Waals surface area contributed by atoms with Crippen molar-refractivity contribution in [1.82, 2.24) is 29.1 Å². The van der Waals surface area contributed by atoms with Crippen molar-refractivity contribution < 1.29 is 30.4 Å². The van der Waals surface area contributed by atoms with E-state index in [0.717, 1.165) is 29.0 Å². The summed E-state index contributed by atoms with van der Waals surface area (Å²) in [6.07, 6.45) is -1.39. The van der Waals surface area contributed by atoms with Gasteiger partial charge < -0.3 is 15.2 Å². The van der Waals surface area contributed by atoms with E-state index in [0.29, 0.717) is 18.8 Å². The van der Waals surface area contributed by atoms with Crippen molar-refractivity contribution in [2.75, 3.05) is 24.7 Å². The van der Waals surface area contributed by atoms with E-state index in [1.165, 1.54) is 23.8 Å². The van der Waals surface area contributed by atoms with Crippen molar-refractivity contribution in [3.63, 3.8) is 0 Å². The molecular weight excluding hydrogens is 557 g/mol. The maximum absolute atomic E-state index is 15.0. The van der Waals surface area contributed by atoms with E-state index >= 15 is 4.39 Å². The first kappa shape index (κ1) is 28.4. The van der Waals surface area contributed by atoms with Crippen LogP contribution in [0.15, 0.2) is 30.6 Å². The van der Waals surface area contributed by atoms with E-state index in [-0.39, 0.29) is 36.1 Å². The molecule has 1 aliphatic carbocycles. The van der Waals surface area contributed by atoms with E-state index in [4.69, 9.17) is 0 Å². The Labute approximate surface area is 227 Å². The molecule has 5 rings (SSSR count).